The van der Waals surface area contributed by atoms with Crippen LogP contribution >= 0.6 is 0 Å². The summed E-state index contributed by atoms with van der Waals surface area (Å²) in [6, 6.07) is 0. The van der Waals surface area contributed by atoms with Gasteiger partial charge in [0.15, 0.2) is 0 Å². The number of carbonyl (C=O) groups is 2. The van der Waals surface area contributed by atoms with E-state index in [0.717, 1.165) is 0 Å². The zero-order chi connectivity index (χ0) is 7.28. The minimum absolute atomic E-state index is 0. The molecule has 100 valence electrons. The van der Waals surface area contributed by atoms with Gasteiger partial charge in [0.05, 0.1) is 5.97 Å². The Bertz CT molecular complexity index is 123. The van der Waals surface area contributed by atoms with Crippen molar-refractivity contribution >= 4 is 11.9 Å². The molecule has 0 fully saturated rings. The van der Waals surface area contributed by atoms with E-state index in [4.69, 9.17) is 5.11 Å². The Hall–Kier alpha value is -1.10. The second kappa shape index (κ2) is 29.3. The zero-order valence-corrected chi connectivity index (χ0v) is 4.49. The normalized spacial score (nSPS) is 5.13. The number of hydrogen-bond acceptors (Lipinski definition) is 5. The Labute approximate surface area is 95.1 Å². The molecule has 0 heterocycles. The second-order valence-corrected chi connectivity index (χ2v) is 1.19. The van der Waals surface area contributed by atoms with E-state index >= 15 is 0 Å². The van der Waals surface area contributed by atoms with Crippen molar-refractivity contribution in [1.82, 2.24) is 0 Å². The molecule has 0 amide bonds. The zero-order valence-electron chi connectivity index (χ0n) is 4.49. The monoisotopic (exact) mass is 229 g/mol. The van der Waals surface area contributed by atoms with Crippen molar-refractivity contribution in [2.45, 2.75) is 44.6 Å². The molecule has 0 bridgehead atoms. The average Bonchev–Trinajstić information content (AvgIpc) is 1.83. The van der Waals surface area contributed by atoms with Gasteiger partial charge in [0.2, 0.25) is 0 Å². The van der Waals surface area contributed by atoms with Crippen molar-refractivity contribution in [3.8, 4) is 0 Å². The maximum atomic E-state index is 9.95. The third kappa shape index (κ3) is 44.0. The van der Waals surface area contributed by atoms with E-state index in [2.05, 4.69) is 4.74 Å². The van der Waals surface area contributed by atoms with Crippen LogP contribution < -0.4 is 5.11 Å². The van der Waals surface area contributed by atoms with Crippen molar-refractivity contribution in [2.75, 3.05) is 13.2 Å². The summed E-state index contributed by atoms with van der Waals surface area (Å²) >= 11 is 0. The van der Waals surface area contributed by atoms with E-state index in [1.165, 1.54) is 0 Å². The fourth-order valence-electron chi connectivity index (χ4n) is 0.185. The summed E-state index contributed by atoms with van der Waals surface area (Å²) in [5.74, 6) is -2.46. The van der Waals surface area contributed by atoms with Crippen LogP contribution in [0.5, 0.6) is 0 Å². The number of esters is 1. The molecule has 5 nitrogen and oxygen atoms in total. The summed E-state index contributed by atoms with van der Waals surface area (Å²) in [4.78, 5) is 19.5. The Balaban J connectivity index is -0.0000000213. The number of aliphatic hydroxyl groups is 1. The number of aliphatic carboxylic acids is 1. The van der Waals surface area contributed by atoms with Crippen LogP contribution in [0.15, 0.2) is 0 Å². The van der Waals surface area contributed by atoms with Crippen LogP contribution in [0.1, 0.15) is 44.6 Å². The number of carboxylic acid groups (broad SMARTS) is 1. The van der Waals surface area contributed by atoms with Crippen molar-refractivity contribution in [3.63, 3.8) is 0 Å². The summed E-state index contributed by atoms with van der Waals surface area (Å²) in [6.45, 7) is -1.62. The lowest BCUT2D eigenvalue weighted by Gasteiger charge is -2.01. The van der Waals surface area contributed by atoms with Gasteiger partial charge in [-0.2, -0.15) is 0 Å². The molecule has 0 saturated heterocycles. The highest BCUT2D eigenvalue weighted by Crippen LogP contribution is 1.73. The Morgan fingerprint density at radius 3 is 1.53 bits per heavy atom. The molecule has 0 aromatic rings. The van der Waals surface area contributed by atoms with E-state index < -0.39 is 25.2 Å². The molecule has 0 aromatic carbocycles. The van der Waals surface area contributed by atoms with Gasteiger partial charge in [0.25, 0.3) is 0 Å². The Kier molecular flexibility index (Phi) is 94.8. The molecule has 0 unspecified atom stereocenters. The van der Waals surface area contributed by atoms with E-state index in [0.29, 0.717) is 0 Å². The molecule has 1 N–H and O–H groups in total. The first-order valence-electron chi connectivity index (χ1n) is 2.13. The number of rotatable bonds is 3. The molecule has 15 heavy (non-hydrogen) atoms. The topological polar surface area (TPSA) is 86.7 Å². The predicted molar refractivity (Wildman–Crippen MR) is 63.4 cm³/mol. The Morgan fingerprint density at radius 1 is 1.00 bits per heavy atom. The van der Waals surface area contributed by atoms with Gasteiger partial charge in [-0.05, 0) is 0 Å². The highest BCUT2D eigenvalue weighted by molar-refractivity contribution is 5.74. The molecular formula is C10H29O5-. The lowest BCUT2D eigenvalue weighted by Crippen LogP contribution is -2.29. The minimum atomic E-state index is -1.49. The van der Waals surface area contributed by atoms with Crippen LogP contribution in [0.4, 0.5) is 0 Å². The van der Waals surface area contributed by atoms with E-state index in [9.17, 15) is 14.7 Å². The van der Waals surface area contributed by atoms with E-state index in [1.807, 2.05) is 0 Å². The summed E-state index contributed by atoms with van der Waals surface area (Å²) in [7, 11) is 0. The van der Waals surface area contributed by atoms with Crippen molar-refractivity contribution < 1.29 is 24.5 Å². The second-order valence-electron chi connectivity index (χ2n) is 1.19. The van der Waals surface area contributed by atoms with Crippen LogP contribution in [-0.4, -0.2) is 30.3 Å². The molecule has 0 atom stereocenters. The van der Waals surface area contributed by atoms with Gasteiger partial charge < -0.3 is 19.7 Å². The lowest BCUT2D eigenvalue weighted by atomic mass is 10.7. The molecule has 0 aliphatic carbocycles. The van der Waals surface area contributed by atoms with Crippen LogP contribution in [0.2, 0.25) is 0 Å². The fraction of sp³-hybridized carbons (Fsp3) is 0.800. The summed E-state index contributed by atoms with van der Waals surface area (Å²) in [6.07, 6.45) is 0. The summed E-state index contributed by atoms with van der Waals surface area (Å²) in [5.41, 5.74) is 0. The maximum absolute atomic E-state index is 9.95. The molecule has 0 radical (unpaired) electrons. The smallest absolute Gasteiger partial charge is 0.332 e. The highest BCUT2D eigenvalue weighted by atomic mass is 16.6. The largest absolute Gasteiger partial charge is 0.546 e. The third-order valence-electron chi connectivity index (χ3n) is 0.480. The van der Waals surface area contributed by atoms with Crippen molar-refractivity contribution in [1.29, 1.82) is 0 Å². The van der Waals surface area contributed by atoms with Gasteiger partial charge in [-0.1, -0.05) is 44.6 Å². The van der Waals surface area contributed by atoms with Gasteiger partial charge >= 0.3 is 5.97 Å². The lowest BCUT2D eigenvalue weighted by molar-refractivity contribution is -0.308. The van der Waals surface area contributed by atoms with Gasteiger partial charge in [0, 0.05) is 0 Å². The molecule has 0 rings (SSSR count). The van der Waals surface area contributed by atoms with Crippen molar-refractivity contribution in [2.24, 2.45) is 0 Å². The van der Waals surface area contributed by atoms with E-state index in [1.54, 1.807) is 0 Å². The standard InChI is InChI=1S/C4H6O5.6CH4/c5-1-4(8)9-2-3(6)7;;;;;;/h5H,1-2H2,(H,6,7);6*1H4/p-1. The van der Waals surface area contributed by atoms with Gasteiger partial charge in [-0.15, -0.1) is 0 Å². The molecule has 5 heteroatoms. The molecule has 0 saturated carbocycles. The van der Waals surface area contributed by atoms with Gasteiger partial charge in [-0.3, -0.25) is 0 Å². The molecule has 0 aromatic heterocycles. The van der Waals surface area contributed by atoms with Crippen LogP contribution in [0.3, 0.4) is 0 Å². The minimum Gasteiger partial charge on any atom is -0.546 e. The third-order valence-corrected chi connectivity index (χ3v) is 0.480. The number of carboxylic acids is 1. The first kappa shape index (κ1) is 48.6. The molecule has 0 aliphatic heterocycles. The number of hydrogen-bond donors (Lipinski definition) is 1. The fourth-order valence-corrected chi connectivity index (χ4v) is 0.185. The number of carbonyl (C=O) groups excluding carboxylic acids is 2. The predicted octanol–water partition coefficient (Wildman–Crippen LogP) is 1.09. The average molecular weight is 229 g/mol. The number of aliphatic hydroxyl groups excluding tert-OH is 1. The van der Waals surface area contributed by atoms with Crippen LogP contribution in [0.25, 0.3) is 0 Å². The maximum Gasteiger partial charge on any atom is 0.332 e. The quantitative estimate of drug-likeness (QED) is 0.732. The highest BCUT2D eigenvalue weighted by Gasteiger charge is 1.96. The Morgan fingerprint density at radius 2 is 1.33 bits per heavy atom. The van der Waals surface area contributed by atoms with Crippen molar-refractivity contribution in [3.05, 3.63) is 0 Å². The summed E-state index contributed by atoms with van der Waals surface area (Å²) in [5, 5.41) is 17.5. The number of ether oxygens (including phenoxy) is 1. The van der Waals surface area contributed by atoms with Crippen LogP contribution in [-0.2, 0) is 14.3 Å². The molecule has 0 spiro atoms. The van der Waals surface area contributed by atoms with E-state index in [-0.39, 0.29) is 44.6 Å². The SMILES string of the molecule is C.C.C.C.C.C.O=C([O-])COC(=O)CO. The van der Waals surface area contributed by atoms with Gasteiger partial charge in [-0.25, -0.2) is 4.79 Å². The first-order valence-corrected chi connectivity index (χ1v) is 2.13. The van der Waals surface area contributed by atoms with Crippen LogP contribution in [0, 0.1) is 0 Å². The molecular weight excluding hydrogens is 200 g/mol. The first-order chi connectivity index (χ1) is 4.16. The van der Waals surface area contributed by atoms with Gasteiger partial charge in [0.1, 0.15) is 13.2 Å². The summed E-state index contributed by atoms with van der Waals surface area (Å²) < 4.78 is 3.90. The molecule has 0 aliphatic rings.